The van der Waals surface area contributed by atoms with Gasteiger partial charge in [-0.2, -0.15) is 0 Å². The van der Waals surface area contributed by atoms with Crippen LogP contribution in [0.5, 0.6) is 0 Å². The Morgan fingerprint density at radius 3 is 2.94 bits per heavy atom. The molecule has 1 spiro atoms. The van der Waals surface area contributed by atoms with E-state index in [1.165, 1.54) is 11.1 Å². The molecule has 2 atom stereocenters. The van der Waals surface area contributed by atoms with E-state index >= 15 is 0 Å². The third-order valence-electron chi connectivity index (χ3n) is 3.81. The van der Waals surface area contributed by atoms with Crippen LogP contribution in [0.3, 0.4) is 0 Å². The predicted octanol–water partition coefficient (Wildman–Crippen LogP) is 1.92. The lowest BCUT2D eigenvalue weighted by Crippen LogP contribution is -2.55. The third-order valence-corrected chi connectivity index (χ3v) is 3.81. The Kier molecular flexibility index (Phi) is 2.49. The molecule has 86 valence electrons. The van der Waals surface area contributed by atoms with Crippen molar-refractivity contribution in [2.75, 3.05) is 13.1 Å². The maximum absolute atomic E-state index is 6.21. The minimum absolute atomic E-state index is 0.0615. The first kappa shape index (κ1) is 10.3. The summed E-state index contributed by atoms with van der Waals surface area (Å²) < 4.78 is 6.21. The minimum Gasteiger partial charge on any atom is -0.369 e. The Hall–Kier alpha value is -0.860. The van der Waals surface area contributed by atoms with Gasteiger partial charge in [0.25, 0.3) is 0 Å². The van der Waals surface area contributed by atoms with Crippen molar-refractivity contribution in [3.05, 3.63) is 35.4 Å². The molecule has 1 aliphatic carbocycles. The van der Waals surface area contributed by atoms with Gasteiger partial charge in [-0.25, -0.2) is 0 Å². The van der Waals surface area contributed by atoms with E-state index in [4.69, 9.17) is 4.74 Å². The maximum Gasteiger partial charge on any atom is 0.0853 e. The van der Waals surface area contributed by atoms with Gasteiger partial charge >= 0.3 is 0 Å². The van der Waals surface area contributed by atoms with Gasteiger partial charge in [0.2, 0.25) is 0 Å². The van der Waals surface area contributed by atoms with Crippen LogP contribution in [0.2, 0.25) is 0 Å². The standard InChI is InChI=1S/C14H19NO/c1-11-9-15-10-14(16-11)7-6-12-4-2-3-5-13(12)8-14/h2-5,11,15H,6-10H2,1H3. The molecule has 3 rings (SSSR count). The van der Waals surface area contributed by atoms with Crippen molar-refractivity contribution in [1.82, 2.24) is 5.32 Å². The smallest absolute Gasteiger partial charge is 0.0853 e. The van der Waals surface area contributed by atoms with Gasteiger partial charge in [-0.1, -0.05) is 24.3 Å². The zero-order chi connectivity index (χ0) is 11.0. The number of nitrogens with one attached hydrogen (secondary N) is 1. The number of aryl methyl sites for hydroxylation is 1. The largest absolute Gasteiger partial charge is 0.369 e. The number of hydrogen-bond acceptors (Lipinski definition) is 2. The van der Waals surface area contributed by atoms with E-state index in [9.17, 15) is 0 Å². The van der Waals surface area contributed by atoms with E-state index in [2.05, 4.69) is 36.5 Å². The molecule has 1 aromatic carbocycles. The molecule has 0 radical (unpaired) electrons. The third kappa shape index (κ3) is 1.76. The van der Waals surface area contributed by atoms with Crippen molar-refractivity contribution >= 4 is 0 Å². The molecule has 2 heteroatoms. The van der Waals surface area contributed by atoms with Gasteiger partial charge < -0.3 is 10.1 Å². The summed E-state index contributed by atoms with van der Waals surface area (Å²) in [7, 11) is 0. The van der Waals surface area contributed by atoms with Crippen LogP contribution < -0.4 is 5.32 Å². The highest BCUT2D eigenvalue weighted by molar-refractivity contribution is 5.32. The first-order chi connectivity index (χ1) is 7.77. The molecule has 0 saturated carbocycles. The van der Waals surface area contributed by atoms with Crippen molar-refractivity contribution < 1.29 is 4.74 Å². The molecule has 2 unspecified atom stereocenters. The molecular weight excluding hydrogens is 198 g/mol. The average Bonchev–Trinajstić information content (AvgIpc) is 2.28. The summed E-state index contributed by atoms with van der Waals surface area (Å²) in [5.74, 6) is 0. The fourth-order valence-electron chi connectivity index (χ4n) is 3.04. The first-order valence-electron chi connectivity index (χ1n) is 6.23. The second-order valence-corrected chi connectivity index (χ2v) is 5.19. The molecule has 0 amide bonds. The van der Waals surface area contributed by atoms with E-state index in [1.807, 2.05) is 0 Å². The van der Waals surface area contributed by atoms with Gasteiger partial charge in [0.15, 0.2) is 0 Å². The summed E-state index contributed by atoms with van der Waals surface area (Å²) in [5.41, 5.74) is 3.05. The highest BCUT2D eigenvalue weighted by Gasteiger charge is 2.38. The number of morpholine rings is 1. The van der Waals surface area contributed by atoms with Gasteiger partial charge in [0.05, 0.1) is 11.7 Å². The van der Waals surface area contributed by atoms with E-state index < -0.39 is 0 Å². The molecule has 2 aliphatic rings. The van der Waals surface area contributed by atoms with Crippen molar-refractivity contribution in [2.24, 2.45) is 0 Å². The molecule has 0 bridgehead atoms. The van der Waals surface area contributed by atoms with Crippen molar-refractivity contribution in [3.8, 4) is 0 Å². The molecule has 1 aromatic rings. The monoisotopic (exact) mass is 217 g/mol. The Morgan fingerprint density at radius 2 is 2.12 bits per heavy atom. The number of fused-ring (bicyclic) bond motifs is 1. The summed E-state index contributed by atoms with van der Waals surface area (Å²) >= 11 is 0. The fraction of sp³-hybridized carbons (Fsp3) is 0.571. The van der Waals surface area contributed by atoms with Crippen LogP contribution in [0.15, 0.2) is 24.3 Å². The minimum atomic E-state index is 0.0615. The summed E-state index contributed by atoms with van der Waals surface area (Å²) in [6.07, 6.45) is 3.73. The lowest BCUT2D eigenvalue weighted by molar-refractivity contribution is -0.115. The first-order valence-corrected chi connectivity index (χ1v) is 6.23. The van der Waals surface area contributed by atoms with Crippen molar-refractivity contribution in [3.63, 3.8) is 0 Å². The second-order valence-electron chi connectivity index (χ2n) is 5.19. The summed E-state index contributed by atoms with van der Waals surface area (Å²) in [5, 5.41) is 3.50. The molecule has 1 saturated heterocycles. The zero-order valence-electron chi connectivity index (χ0n) is 9.83. The molecule has 16 heavy (non-hydrogen) atoms. The average molecular weight is 217 g/mol. The van der Waals surface area contributed by atoms with Crippen LogP contribution in [-0.4, -0.2) is 24.8 Å². The van der Waals surface area contributed by atoms with E-state index in [0.717, 1.165) is 32.4 Å². The highest BCUT2D eigenvalue weighted by Crippen LogP contribution is 2.33. The van der Waals surface area contributed by atoms with Gasteiger partial charge in [-0.05, 0) is 30.9 Å². The summed E-state index contributed by atoms with van der Waals surface area (Å²) in [4.78, 5) is 0. The number of hydrogen-bond donors (Lipinski definition) is 1. The predicted molar refractivity (Wildman–Crippen MR) is 64.6 cm³/mol. The molecule has 1 heterocycles. The van der Waals surface area contributed by atoms with Crippen LogP contribution in [-0.2, 0) is 17.6 Å². The fourth-order valence-corrected chi connectivity index (χ4v) is 3.04. The number of rotatable bonds is 0. The lowest BCUT2D eigenvalue weighted by Gasteiger charge is -2.43. The van der Waals surface area contributed by atoms with Gasteiger partial charge in [0.1, 0.15) is 0 Å². The van der Waals surface area contributed by atoms with Crippen LogP contribution in [0.4, 0.5) is 0 Å². The lowest BCUT2D eigenvalue weighted by atomic mass is 9.79. The van der Waals surface area contributed by atoms with Crippen molar-refractivity contribution in [1.29, 1.82) is 0 Å². The van der Waals surface area contributed by atoms with Crippen molar-refractivity contribution in [2.45, 2.75) is 37.9 Å². The second kappa shape index (κ2) is 3.86. The Labute approximate surface area is 97.0 Å². The quantitative estimate of drug-likeness (QED) is 0.717. The maximum atomic E-state index is 6.21. The van der Waals surface area contributed by atoms with Gasteiger partial charge in [-0.15, -0.1) is 0 Å². The summed E-state index contributed by atoms with van der Waals surface area (Å²) in [6, 6.07) is 8.78. The van der Waals surface area contributed by atoms with Crippen LogP contribution in [0.25, 0.3) is 0 Å². The molecule has 2 nitrogen and oxygen atoms in total. The molecule has 1 fully saturated rings. The van der Waals surface area contributed by atoms with Crippen LogP contribution in [0, 0.1) is 0 Å². The molecule has 1 N–H and O–H groups in total. The van der Waals surface area contributed by atoms with Gasteiger partial charge in [-0.3, -0.25) is 0 Å². The van der Waals surface area contributed by atoms with E-state index in [0.29, 0.717) is 6.10 Å². The van der Waals surface area contributed by atoms with Crippen LogP contribution >= 0.6 is 0 Å². The Morgan fingerprint density at radius 1 is 1.31 bits per heavy atom. The SMILES string of the molecule is CC1CNCC2(CCc3ccccc3C2)O1. The normalized spacial score (nSPS) is 33.7. The summed E-state index contributed by atoms with van der Waals surface area (Å²) in [6.45, 7) is 4.16. The van der Waals surface area contributed by atoms with E-state index in [-0.39, 0.29) is 5.60 Å². The van der Waals surface area contributed by atoms with Gasteiger partial charge in [0, 0.05) is 19.5 Å². The number of ether oxygens (including phenoxy) is 1. The Balaban J connectivity index is 1.86. The molecular formula is C14H19NO. The topological polar surface area (TPSA) is 21.3 Å². The zero-order valence-corrected chi connectivity index (χ0v) is 9.83. The Bertz CT molecular complexity index is 390. The van der Waals surface area contributed by atoms with Crippen LogP contribution in [0.1, 0.15) is 24.5 Å². The van der Waals surface area contributed by atoms with E-state index in [1.54, 1.807) is 0 Å². The molecule has 0 aromatic heterocycles. The molecule has 1 aliphatic heterocycles. The number of benzene rings is 1. The highest BCUT2D eigenvalue weighted by atomic mass is 16.5.